The van der Waals surface area contributed by atoms with Gasteiger partial charge < -0.3 is 24.5 Å². The number of halogens is 2. The van der Waals surface area contributed by atoms with Crippen LogP contribution in [0.4, 0.5) is 8.78 Å². The third kappa shape index (κ3) is 3.49. The fourth-order valence-corrected chi connectivity index (χ4v) is 5.34. The standard InChI is InChI=1S/C24H24F2N6O2/c1-31-20-16(30-22(31)17-9-14-3-2-6-28-21(14)29-17)10-15(11-19(20)34-24(25)26)23(33)32-8-5-13-4-7-27-18(13)12-32/h2-3,6,9-11,13,18,24,27H,4-5,7-8,12H2,1H3,(H,28,29)/t13?,18-/m0/s1. The number of alkyl halides is 2. The summed E-state index contributed by atoms with van der Waals surface area (Å²) in [6.07, 6.45) is 3.76. The van der Waals surface area contributed by atoms with Crippen molar-refractivity contribution >= 4 is 28.0 Å². The number of fused-ring (bicyclic) bond motifs is 3. The first-order valence-electron chi connectivity index (χ1n) is 11.4. The number of H-pyrrole nitrogens is 1. The maximum atomic E-state index is 13.4. The van der Waals surface area contributed by atoms with Crippen LogP contribution in [0.2, 0.25) is 0 Å². The summed E-state index contributed by atoms with van der Waals surface area (Å²) in [5, 5.41) is 4.37. The second-order valence-electron chi connectivity index (χ2n) is 8.99. The lowest BCUT2D eigenvalue weighted by Crippen LogP contribution is -2.48. The van der Waals surface area contributed by atoms with Gasteiger partial charge in [0, 0.05) is 43.3 Å². The van der Waals surface area contributed by atoms with Gasteiger partial charge in [0.2, 0.25) is 0 Å². The van der Waals surface area contributed by atoms with Gasteiger partial charge in [-0.3, -0.25) is 4.79 Å². The molecular weight excluding hydrogens is 442 g/mol. The number of rotatable bonds is 4. The molecule has 2 saturated heterocycles. The number of benzene rings is 1. The Morgan fingerprint density at radius 3 is 2.97 bits per heavy atom. The number of carbonyl (C=O) groups is 1. The van der Waals surface area contributed by atoms with Gasteiger partial charge in [-0.05, 0) is 55.6 Å². The third-order valence-electron chi connectivity index (χ3n) is 6.99. The van der Waals surface area contributed by atoms with Crippen molar-refractivity contribution in [2.45, 2.75) is 25.5 Å². The molecule has 1 aromatic carbocycles. The zero-order chi connectivity index (χ0) is 23.4. The second-order valence-corrected chi connectivity index (χ2v) is 8.99. The van der Waals surface area contributed by atoms with Gasteiger partial charge in [0.15, 0.2) is 11.6 Å². The van der Waals surface area contributed by atoms with Gasteiger partial charge in [-0.15, -0.1) is 0 Å². The Morgan fingerprint density at radius 2 is 2.15 bits per heavy atom. The molecule has 1 amide bonds. The number of amides is 1. The Bertz CT molecular complexity index is 1360. The zero-order valence-corrected chi connectivity index (χ0v) is 18.6. The first-order chi connectivity index (χ1) is 16.5. The van der Waals surface area contributed by atoms with E-state index in [0.29, 0.717) is 52.8 Å². The molecule has 0 saturated carbocycles. The van der Waals surface area contributed by atoms with E-state index >= 15 is 0 Å². The van der Waals surface area contributed by atoms with Crippen LogP contribution in [0.15, 0.2) is 36.5 Å². The smallest absolute Gasteiger partial charge is 0.387 e. The highest BCUT2D eigenvalue weighted by Crippen LogP contribution is 2.34. The molecule has 2 N–H and O–H groups in total. The van der Waals surface area contributed by atoms with Crippen LogP contribution in [0.3, 0.4) is 0 Å². The molecule has 2 aliphatic rings. The van der Waals surface area contributed by atoms with E-state index < -0.39 is 6.61 Å². The number of ether oxygens (including phenoxy) is 1. The van der Waals surface area contributed by atoms with Crippen molar-refractivity contribution in [1.82, 2.24) is 29.7 Å². The van der Waals surface area contributed by atoms with Gasteiger partial charge in [-0.1, -0.05) is 0 Å². The molecule has 8 nitrogen and oxygen atoms in total. The molecule has 5 heterocycles. The first-order valence-corrected chi connectivity index (χ1v) is 11.4. The van der Waals surface area contributed by atoms with E-state index in [1.807, 2.05) is 18.2 Å². The fourth-order valence-electron chi connectivity index (χ4n) is 5.34. The molecule has 10 heteroatoms. The topological polar surface area (TPSA) is 88.1 Å². The predicted octanol–water partition coefficient (Wildman–Crippen LogP) is 3.54. The Labute approximate surface area is 193 Å². The van der Waals surface area contributed by atoms with Crippen LogP contribution >= 0.6 is 0 Å². The molecule has 2 aliphatic heterocycles. The lowest BCUT2D eigenvalue weighted by Gasteiger charge is -2.35. The van der Waals surface area contributed by atoms with E-state index in [9.17, 15) is 13.6 Å². The van der Waals surface area contributed by atoms with E-state index in [2.05, 4.69) is 20.3 Å². The van der Waals surface area contributed by atoms with Crippen LogP contribution in [0.5, 0.6) is 5.75 Å². The van der Waals surface area contributed by atoms with Crippen molar-refractivity contribution in [3.63, 3.8) is 0 Å². The summed E-state index contributed by atoms with van der Waals surface area (Å²) in [7, 11) is 1.74. The number of pyridine rings is 1. The van der Waals surface area contributed by atoms with E-state index in [-0.39, 0.29) is 17.7 Å². The molecule has 2 atom stereocenters. The van der Waals surface area contributed by atoms with Gasteiger partial charge >= 0.3 is 6.61 Å². The second kappa shape index (κ2) is 8.05. The molecule has 6 rings (SSSR count). The van der Waals surface area contributed by atoms with Crippen LogP contribution in [0.1, 0.15) is 23.2 Å². The normalized spacial score (nSPS) is 20.4. The molecule has 3 aromatic heterocycles. The molecule has 2 fully saturated rings. The van der Waals surface area contributed by atoms with E-state index in [0.717, 1.165) is 24.8 Å². The van der Waals surface area contributed by atoms with Crippen molar-refractivity contribution < 1.29 is 18.3 Å². The van der Waals surface area contributed by atoms with Crippen molar-refractivity contribution in [3.8, 4) is 17.3 Å². The number of nitrogens with one attached hydrogen (secondary N) is 2. The van der Waals surface area contributed by atoms with Crippen molar-refractivity contribution in [2.24, 2.45) is 13.0 Å². The number of aromatic nitrogens is 4. The average molecular weight is 466 g/mol. The lowest BCUT2D eigenvalue weighted by molar-refractivity contribution is -0.0490. The number of piperidine rings is 1. The van der Waals surface area contributed by atoms with Crippen molar-refractivity contribution in [2.75, 3.05) is 19.6 Å². The molecule has 0 bridgehead atoms. The number of aryl methyl sites for hydroxylation is 1. The highest BCUT2D eigenvalue weighted by Gasteiger charge is 2.35. The molecule has 176 valence electrons. The highest BCUT2D eigenvalue weighted by molar-refractivity contribution is 6.00. The van der Waals surface area contributed by atoms with Gasteiger partial charge in [-0.25, -0.2) is 9.97 Å². The van der Waals surface area contributed by atoms with Crippen LogP contribution in [0, 0.1) is 5.92 Å². The quantitative estimate of drug-likeness (QED) is 0.480. The molecular formula is C24H24F2N6O2. The summed E-state index contributed by atoms with van der Waals surface area (Å²) < 4.78 is 33.2. The number of carbonyl (C=O) groups excluding carboxylic acids is 1. The minimum absolute atomic E-state index is 0.0692. The minimum atomic E-state index is -3.03. The van der Waals surface area contributed by atoms with Gasteiger partial charge in [-0.2, -0.15) is 8.78 Å². The maximum absolute atomic E-state index is 13.4. The summed E-state index contributed by atoms with van der Waals surface area (Å²) in [5.74, 6) is 0.858. The van der Waals surface area contributed by atoms with E-state index in [1.165, 1.54) is 6.07 Å². The molecule has 0 radical (unpaired) electrons. The molecule has 1 unspecified atom stereocenters. The first kappa shape index (κ1) is 21.0. The monoisotopic (exact) mass is 466 g/mol. The Kier molecular flexibility index (Phi) is 4.98. The molecule has 0 spiro atoms. The average Bonchev–Trinajstić information content (AvgIpc) is 3.54. The maximum Gasteiger partial charge on any atom is 0.387 e. The van der Waals surface area contributed by atoms with Crippen LogP contribution in [-0.4, -0.2) is 62.6 Å². The van der Waals surface area contributed by atoms with E-state index in [1.54, 1.807) is 28.8 Å². The lowest BCUT2D eigenvalue weighted by atomic mass is 9.92. The summed E-state index contributed by atoms with van der Waals surface area (Å²) in [5.41, 5.74) is 2.50. The number of hydrogen-bond acceptors (Lipinski definition) is 5. The predicted molar refractivity (Wildman–Crippen MR) is 123 cm³/mol. The van der Waals surface area contributed by atoms with Crippen LogP contribution in [0.25, 0.3) is 33.6 Å². The van der Waals surface area contributed by atoms with Gasteiger partial charge in [0.1, 0.15) is 11.2 Å². The molecule has 0 aliphatic carbocycles. The van der Waals surface area contributed by atoms with Crippen LogP contribution < -0.4 is 10.1 Å². The Morgan fingerprint density at radius 1 is 1.26 bits per heavy atom. The zero-order valence-electron chi connectivity index (χ0n) is 18.6. The van der Waals surface area contributed by atoms with Crippen LogP contribution in [-0.2, 0) is 7.05 Å². The molecule has 34 heavy (non-hydrogen) atoms. The van der Waals surface area contributed by atoms with E-state index in [4.69, 9.17) is 4.74 Å². The largest absolute Gasteiger partial charge is 0.432 e. The summed E-state index contributed by atoms with van der Waals surface area (Å²) in [6.45, 7) is -0.791. The fraction of sp³-hybridized carbons (Fsp3) is 0.375. The minimum Gasteiger partial charge on any atom is -0.432 e. The molecule has 4 aromatic rings. The summed E-state index contributed by atoms with van der Waals surface area (Å²) >= 11 is 0. The van der Waals surface area contributed by atoms with Crippen molar-refractivity contribution in [3.05, 3.63) is 42.1 Å². The number of aromatic amines is 1. The Hall–Kier alpha value is -3.53. The summed E-state index contributed by atoms with van der Waals surface area (Å²) in [4.78, 5) is 27.4. The van der Waals surface area contributed by atoms with Crippen molar-refractivity contribution in [1.29, 1.82) is 0 Å². The third-order valence-corrected chi connectivity index (χ3v) is 6.99. The number of likely N-dealkylation sites (tertiary alicyclic amines) is 1. The highest BCUT2D eigenvalue weighted by atomic mass is 19.3. The summed E-state index contributed by atoms with van der Waals surface area (Å²) in [6, 6.07) is 9.02. The number of imidazole rings is 1. The SMILES string of the molecule is Cn1c(-c2cc3cccnc3[nH]2)nc2cc(C(=O)N3CCC4CCN[C@H]4C3)cc(OC(F)F)c21. The Balaban J connectivity index is 1.42. The van der Waals surface area contributed by atoms with Gasteiger partial charge in [0.25, 0.3) is 5.91 Å². The number of nitrogens with zero attached hydrogens (tertiary/aromatic N) is 4. The van der Waals surface area contributed by atoms with Gasteiger partial charge in [0.05, 0.1) is 11.2 Å². The number of hydrogen-bond donors (Lipinski definition) is 2.